The molecule has 0 saturated heterocycles. The Morgan fingerprint density at radius 1 is 0.966 bits per heavy atom. The summed E-state index contributed by atoms with van der Waals surface area (Å²) in [5.41, 5.74) is 2.70. The highest BCUT2D eigenvalue weighted by atomic mass is 16.5. The molecule has 0 aliphatic rings. The number of benzene rings is 2. The van der Waals surface area contributed by atoms with E-state index in [0.29, 0.717) is 31.0 Å². The summed E-state index contributed by atoms with van der Waals surface area (Å²) in [6.45, 7) is 3.35. The van der Waals surface area contributed by atoms with Crippen molar-refractivity contribution in [3.8, 4) is 0 Å². The number of hydrogen-bond acceptors (Lipinski definition) is 5. The van der Waals surface area contributed by atoms with Crippen LogP contribution in [0.25, 0.3) is 5.78 Å². The number of rotatable bonds is 7. The first-order valence-corrected chi connectivity index (χ1v) is 9.58. The lowest BCUT2D eigenvalue weighted by molar-refractivity contribution is 0.0526. The zero-order valence-electron chi connectivity index (χ0n) is 16.2. The molecule has 6 nitrogen and oxygen atoms in total. The van der Waals surface area contributed by atoms with Crippen molar-refractivity contribution in [3.63, 3.8) is 0 Å². The molecule has 2 heterocycles. The van der Waals surface area contributed by atoms with Crippen LogP contribution in [0, 0.1) is 0 Å². The van der Waals surface area contributed by atoms with Crippen LogP contribution in [0.1, 0.15) is 28.4 Å². The summed E-state index contributed by atoms with van der Waals surface area (Å²) < 4.78 is 7.15. The van der Waals surface area contributed by atoms with Gasteiger partial charge in [-0.2, -0.15) is 0 Å². The average Bonchev–Trinajstić information content (AvgIpc) is 3.23. The van der Waals surface area contributed by atoms with E-state index in [2.05, 4.69) is 39.1 Å². The lowest BCUT2D eigenvalue weighted by Gasteiger charge is -2.27. The molecule has 0 N–H and O–H groups in total. The van der Waals surface area contributed by atoms with Gasteiger partial charge in [-0.3, -0.25) is 4.40 Å². The van der Waals surface area contributed by atoms with Gasteiger partial charge in [-0.15, -0.1) is 0 Å². The largest absolute Gasteiger partial charge is 0.462 e. The molecule has 0 aliphatic heterocycles. The molecule has 2 aromatic heterocycles. The summed E-state index contributed by atoms with van der Waals surface area (Å²) in [6, 6.07) is 20.4. The molecular formula is C23H22N4O2. The molecule has 4 aromatic rings. The second-order valence-corrected chi connectivity index (χ2v) is 6.64. The number of imidazole rings is 1. The van der Waals surface area contributed by atoms with Crippen LogP contribution < -0.4 is 4.90 Å². The average molecular weight is 386 g/mol. The van der Waals surface area contributed by atoms with Gasteiger partial charge in [0.15, 0.2) is 0 Å². The quantitative estimate of drug-likeness (QED) is 0.447. The molecule has 0 fully saturated rings. The molecule has 29 heavy (non-hydrogen) atoms. The number of anilines is 1. The lowest BCUT2D eigenvalue weighted by Crippen LogP contribution is -2.27. The maximum atomic E-state index is 12.7. The smallest absolute Gasteiger partial charge is 0.343 e. The van der Waals surface area contributed by atoms with Crippen LogP contribution in [0.15, 0.2) is 79.3 Å². The number of carbonyl (C=O) groups excluding carboxylic acids is 1. The minimum absolute atomic E-state index is 0.303. The first kappa shape index (κ1) is 18.7. The highest BCUT2D eigenvalue weighted by Gasteiger charge is 2.22. The van der Waals surface area contributed by atoms with Crippen molar-refractivity contribution in [1.82, 2.24) is 14.4 Å². The highest BCUT2D eigenvalue weighted by molar-refractivity contribution is 5.95. The van der Waals surface area contributed by atoms with Crippen LogP contribution in [-0.4, -0.2) is 26.9 Å². The van der Waals surface area contributed by atoms with Crippen molar-refractivity contribution in [3.05, 3.63) is 95.9 Å². The zero-order valence-corrected chi connectivity index (χ0v) is 16.2. The molecule has 2 aromatic carbocycles. The minimum Gasteiger partial charge on any atom is -0.462 e. The fourth-order valence-electron chi connectivity index (χ4n) is 3.36. The lowest BCUT2D eigenvalue weighted by atomic mass is 10.1. The number of esters is 1. The molecular weight excluding hydrogens is 364 g/mol. The van der Waals surface area contributed by atoms with Crippen molar-refractivity contribution in [1.29, 1.82) is 0 Å². The summed E-state index contributed by atoms with van der Waals surface area (Å²) in [5, 5.41) is 0. The predicted octanol–water partition coefficient (Wildman–Crippen LogP) is 4.11. The van der Waals surface area contributed by atoms with Crippen molar-refractivity contribution in [2.45, 2.75) is 20.0 Å². The Bertz CT molecular complexity index is 1050. The maximum absolute atomic E-state index is 12.7. The number of hydrogen-bond donors (Lipinski definition) is 0. The van der Waals surface area contributed by atoms with E-state index >= 15 is 0 Å². The second kappa shape index (κ2) is 8.56. The number of aromatic nitrogens is 3. The van der Waals surface area contributed by atoms with Crippen LogP contribution in [-0.2, 0) is 17.8 Å². The van der Waals surface area contributed by atoms with Gasteiger partial charge in [-0.25, -0.2) is 14.8 Å². The van der Waals surface area contributed by atoms with E-state index in [1.54, 1.807) is 19.3 Å². The van der Waals surface area contributed by atoms with Gasteiger partial charge in [0.1, 0.15) is 11.4 Å². The monoisotopic (exact) mass is 386 g/mol. The van der Waals surface area contributed by atoms with Gasteiger partial charge in [0.05, 0.1) is 6.61 Å². The molecule has 4 rings (SSSR count). The summed E-state index contributed by atoms with van der Waals surface area (Å²) >= 11 is 0. The van der Waals surface area contributed by atoms with Crippen LogP contribution in [0.2, 0.25) is 0 Å². The third-order valence-electron chi connectivity index (χ3n) is 4.63. The predicted molar refractivity (Wildman–Crippen MR) is 112 cm³/mol. The molecule has 0 spiro atoms. The standard InChI is InChI=1S/C23H22N4O2/c1-2-29-22(28)20-15-25-23-24-13-14-27(23)21(20)26(16-18-9-5-3-6-10-18)17-19-11-7-4-8-12-19/h3-15H,2,16-17H2,1H3. The highest BCUT2D eigenvalue weighted by Crippen LogP contribution is 2.26. The first-order valence-electron chi connectivity index (χ1n) is 9.58. The number of carbonyl (C=O) groups is 1. The number of fused-ring (bicyclic) bond motifs is 1. The van der Waals surface area contributed by atoms with E-state index < -0.39 is 5.97 Å². The van der Waals surface area contributed by atoms with Gasteiger partial charge in [0.2, 0.25) is 5.78 Å². The van der Waals surface area contributed by atoms with E-state index in [-0.39, 0.29) is 0 Å². The fourth-order valence-corrected chi connectivity index (χ4v) is 3.36. The van der Waals surface area contributed by atoms with E-state index in [1.165, 1.54) is 0 Å². The van der Waals surface area contributed by atoms with Crippen LogP contribution in [0.3, 0.4) is 0 Å². The summed E-state index contributed by atoms with van der Waals surface area (Å²) in [7, 11) is 0. The van der Waals surface area contributed by atoms with Crippen LogP contribution in [0.4, 0.5) is 5.82 Å². The summed E-state index contributed by atoms with van der Waals surface area (Å²) in [6.07, 6.45) is 5.06. The van der Waals surface area contributed by atoms with Gasteiger partial charge >= 0.3 is 5.97 Å². The van der Waals surface area contributed by atoms with Crippen molar-refractivity contribution in [2.24, 2.45) is 0 Å². The van der Waals surface area contributed by atoms with Gasteiger partial charge < -0.3 is 9.64 Å². The molecule has 146 valence electrons. The van der Waals surface area contributed by atoms with Crippen LogP contribution >= 0.6 is 0 Å². The minimum atomic E-state index is -0.392. The Balaban J connectivity index is 1.84. The van der Waals surface area contributed by atoms with Crippen LogP contribution in [0.5, 0.6) is 0 Å². The van der Waals surface area contributed by atoms with Gasteiger partial charge in [-0.05, 0) is 18.1 Å². The normalized spacial score (nSPS) is 10.8. The SMILES string of the molecule is CCOC(=O)c1cnc2nccn2c1N(Cc1ccccc1)Cc1ccccc1. The van der Waals surface area contributed by atoms with E-state index in [0.717, 1.165) is 16.9 Å². The molecule has 6 heteroatoms. The zero-order chi connectivity index (χ0) is 20.1. The molecule has 0 unspecified atom stereocenters. The molecule has 0 bridgehead atoms. The van der Waals surface area contributed by atoms with Gasteiger partial charge in [-0.1, -0.05) is 60.7 Å². The summed E-state index contributed by atoms with van der Waals surface area (Å²) in [4.78, 5) is 23.5. The third-order valence-corrected chi connectivity index (χ3v) is 4.63. The Morgan fingerprint density at radius 3 is 2.17 bits per heavy atom. The number of ether oxygens (including phenoxy) is 1. The second-order valence-electron chi connectivity index (χ2n) is 6.64. The molecule has 0 radical (unpaired) electrons. The van der Waals surface area contributed by atoms with E-state index in [1.807, 2.05) is 47.0 Å². The fraction of sp³-hybridized carbons (Fsp3) is 0.174. The molecule has 0 saturated carbocycles. The third kappa shape index (κ3) is 4.11. The van der Waals surface area contributed by atoms with E-state index in [9.17, 15) is 4.79 Å². The Hall–Kier alpha value is -3.67. The summed E-state index contributed by atoms with van der Waals surface area (Å²) in [5.74, 6) is 0.870. The first-order chi connectivity index (χ1) is 14.3. The Labute approximate surface area is 169 Å². The van der Waals surface area contributed by atoms with Crippen molar-refractivity contribution >= 4 is 17.6 Å². The van der Waals surface area contributed by atoms with Crippen molar-refractivity contribution < 1.29 is 9.53 Å². The van der Waals surface area contributed by atoms with Gasteiger partial charge in [0, 0.05) is 31.7 Å². The maximum Gasteiger partial charge on any atom is 0.343 e. The number of nitrogens with zero attached hydrogens (tertiary/aromatic N) is 4. The Kier molecular flexibility index (Phi) is 5.52. The topological polar surface area (TPSA) is 59.7 Å². The molecule has 0 atom stereocenters. The van der Waals surface area contributed by atoms with Gasteiger partial charge in [0.25, 0.3) is 0 Å². The van der Waals surface area contributed by atoms with Crippen molar-refractivity contribution in [2.75, 3.05) is 11.5 Å². The molecule has 0 aliphatic carbocycles. The molecule has 0 amide bonds. The Morgan fingerprint density at radius 2 is 1.59 bits per heavy atom. The van der Waals surface area contributed by atoms with E-state index in [4.69, 9.17) is 4.74 Å².